The van der Waals surface area contributed by atoms with Crippen LogP contribution in [0, 0.1) is 0 Å². The molecule has 2 heterocycles. The van der Waals surface area contributed by atoms with E-state index in [4.69, 9.17) is 0 Å². The molecule has 1 amide bonds. The first-order chi connectivity index (χ1) is 6.39. The zero-order valence-corrected chi connectivity index (χ0v) is 9.58. The Morgan fingerprint density at radius 1 is 1.21 bits per heavy atom. The van der Waals surface area contributed by atoms with Crippen molar-refractivity contribution in [3.05, 3.63) is 0 Å². The molecule has 0 aromatic rings. The van der Waals surface area contributed by atoms with Crippen molar-refractivity contribution in [2.75, 3.05) is 13.1 Å². The lowest BCUT2D eigenvalue weighted by atomic mass is 10.0. The van der Waals surface area contributed by atoms with Crippen molar-refractivity contribution < 1.29 is 4.79 Å². The average molecular weight is 196 g/mol. The number of carbonyl (C=O) groups is 1. The number of nitrogens with zero attached hydrogens (tertiary/aromatic N) is 2. The molecule has 0 spiro atoms. The van der Waals surface area contributed by atoms with Crippen LogP contribution in [0.2, 0.25) is 0 Å². The van der Waals surface area contributed by atoms with Gasteiger partial charge in [0.25, 0.3) is 0 Å². The fourth-order valence-corrected chi connectivity index (χ4v) is 2.87. The molecule has 2 fully saturated rings. The van der Waals surface area contributed by atoms with Gasteiger partial charge in [-0.3, -0.25) is 9.69 Å². The largest absolute Gasteiger partial charge is 0.337 e. The van der Waals surface area contributed by atoms with Crippen LogP contribution in [-0.4, -0.2) is 46.4 Å². The van der Waals surface area contributed by atoms with Crippen LogP contribution in [0.5, 0.6) is 0 Å². The Morgan fingerprint density at radius 3 is 2.21 bits per heavy atom. The first-order valence-electron chi connectivity index (χ1n) is 5.43. The maximum Gasteiger partial charge on any atom is 0.219 e. The van der Waals surface area contributed by atoms with Gasteiger partial charge in [-0.05, 0) is 27.2 Å². The monoisotopic (exact) mass is 196 g/mol. The first kappa shape index (κ1) is 9.97. The number of hydrogen-bond donors (Lipinski definition) is 0. The molecular formula is C11H20N2O. The van der Waals surface area contributed by atoms with E-state index < -0.39 is 0 Å². The van der Waals surface area contributed by atoms with Crippen LogP contribution in [-0.2, 0) is 4.79 Å². The summed E-state index contributed by atoms with van der Waals surface area (Å²) in [6.07, 6.45) is 1.18. The van der Waals surface area contributed by atoms with Gasteiger partial charge in [0.15, 0.2) is 0 Å². The molecule has 2 atom stereocenters. The van der Waals surface area contributed by atoms with Crippen molar-refractivity contribution in [3.63, 3.8) is 0 Å². The summed E-state index contributed by atoms with van der Waals surface area (Å²) in [7, 11) is 0. The van der Waals surface area contributed by atoms with Gasteiger partial charge in [-0.2, -0.15) is 0 Å². The predicted molar refractivity (Wildman–Crippen MR) is 56.0 cm³/mol. The summed E-state index contributed by atoms with van der Waals surface area (Å²) in [6, 6.07) is 1.08. The van der Waals surface area contributed by atoms with Gasteiger partial charge in [0.2, 0.25) is 5.91 Å². The Balaban J connectivity index is 2.07. The third kappa shape index (κ3) is 1.44. The molecule has 3 heteroatoms. The quantitative estimate of drug-likeness (QED) is 0.579. The molecule has 0 radical (unpaired) electrons. The molecule has 14 heavy (non-hydrogen) atoms. The molecule has 2 saturated heterocycles. The third-order valence-electron chi connectivity index (χ3n) is 3.51. The molecule has 0 unspecified atom stereocenters. The highest BCUT2D eigenvalue weighted by molar-refractivity contribution is 5.74. The van der Waals surface area contributed by atoms with Crippen molar-refractivity contribution in [3.8, 4) is 0 Å². The molecular weight excluding hydrogens is 176 g/mol. The van der Waals surface area contributed by atoms with E-state index >= 15 is 0 Å². The van der Waals surface area contributed by atoms with Crippen molar-refractivity contribution in [1.29, 1.82) is 0 Å². The summed E-state index contributed by atoms with van der Waals surface area (Å²) in [6.45, 7) is 10.5. The molecule has 3 nitrogen and oxygen atoms in total. The number of fused-ring (bicyclic) bond motifs is 2. The van der Waals surface area contributed by atoms with E-state index in [-0.39, 0.29) is 11.4 Å². The predicted octanol–water partition coefficient (Wildman–Crippen LogP) is 1.09. The average Bonchev–Trinajstić information content (AvgIpc) is 2.58. The van der Waals surface area contributed by atoms with E-state index in [9.17, 15) is 4.79 Å². The number of hydrogen-bond acceptors (Lipinski definition) is 2. The normalized spacial score (nSPS) is 32.7. The summed E-state index contributed by atoms with van der Waals surface area (Å²) in [4.78, 5) is 15.9. The fraction of sp³-hybridized carbons (Fsp3) is 0.909. The zero-order valence-electron chi connectivity index (χ0n) is 9.58. The van der Waals surface area contributed by atoms with Gasteiger partial charge in [0, 0.05) is 37.6 Å². The topological polar surface area (TPSA) is 23.6 Å². The smallest absolute Gasteiger partial charge is 0.219 e. The number of likely N-dealkylation sites (tertiary alicyclic amines) is 2. The minimum absolute atomic E-state index is 0.242. The number of amides is 1. The van der Waals surface area contributed by atoms with E-state index in [0.717, 1.165) is 13.1 Å². The molecule has 0 aromatic heterocycles. The summed E-state index contributed by atoms with van der Waals surface area (Å²) in [5.74, 6) is 0.242. The van der Waals surface area contributed by atoms with E-state index in [1.807, 2.05) is 4.90 Å². The van der Waals surface area contributed by atoms with Crippen LogP contribution in [0.3, 0.4) is 0 Å². The number of piperazine rings is 1. The van der Waals surface area contributed by atoms with Crippen LogP contribution in [0.25, 0.3) is 0 Å². The summed E-state index contributed by atoms with van der Waals surface area (Å²) < 4.78 is 0. The molecule has 2 aliphatic rings. The van der Waals surface area contributed by atoms with E-state index in [2.05, 4.69) is 25.7 Å². The minimum atomic E-state index is 0.242. The lowest BCUT2D eigenvalue weighted by molar-refractivity contribution is -0.131. The maximum atomic E-state index is 11.3. The first-order valence-corrected chi connectivity index (χ1v) is 5.43. The Labute approximate surface area is 86.1 Å². The van der Waals surface area contributed by atoms with Gasteiger partial charge in [-0.25, -0.2) is 0 Å². The van der Waals surface area contributed by atoms with Crippen molar-refractivity contribution in [2.24, 2.45) is 0 Å². The second-order valence-corrected chi connectivity index (χ2v) is 5.54. The van der Waals surface area contributed by atoms with Crippen molar-refractivity contribution in [1.82, 2.24) is 9.80 Å². The van der Waals surface area contributed by atoms with Gasteiger partial charge in [-0.1, -0.05) is 0 Å². The third-order valence-corrected chi connectivity index (χ3v) is 3.51. The highest BCUT2D eigenvalue weighted by atomic mass is 16.2. The SMILES string of the molecule is CC(=O)N1C[C@@H]2C[C@H]1CN2C(C)(C)C. The number of carbonyl (C=O) groups excluding carboxylic acids is 1. The van der Waals surface area contributed by atoms with E-state index in [1.54, 1.807) is 6.92 Å². The van der Waals surface area contributed by atoms with E-state index in [0.29, 0.717) is 12.1 Å². The van der Waals surface area contributed by atoms with Crippen LogP contribution in [0.1, 0.15) is 34.1 Å². The van der Waals surface area contributed by atoms with Gasteiger partial charge >= 0.3 is 0 Å². The second kappa shape index (κ2) is 2.96. The molecule has 0 aromatic carbocycles. The van der Waals surface area contributed by atoms with Gasteiger partial charge < -0.3 is 4.90 Å². The lowest BCUT2D eigenvalue weighted by Gasteiger charge is -2.41. The number of rotatable bonds is 0. The summed E-state index contributed by atoms with van der Waals surface area (Å²) in [5.41, 5.74) is 0.252. The molecule has 2 rings (SSSR count). The highest BCUT2D eigenvalue weighted by Crippen LogP contribution is 2.35. The van der Waals surface area contributed by atoms with Crippen molar-refractivity contribution in [2.45, 2.75) is 51.7 Å². The molecule has 0 saturated carbocycles. The van der Waals surface area contributed by atoms with Crippen molar-refractivity contribution >= 4 is 5.91 Å². The Bertz CT molecular complexity index is 257. The Kier molecular flexibility index (Phi) is 2.11. The maximum absolute atomic E-state index is 11.3. The lowest BCUT2D eigenvalue weighted by Crippen LogP contribution is -2.54. The van der Waals surface area contributed by atoms with Gasteiger partial charge in [0.05, 0.1) is 0 Å². The Morgan fingerprint density at radius 2 is 1.86 bits per heavy atom. The summed E-state index contributed by atoms with van der Waals surface area (Å²) >= 11 is 0. The van der Waals surface area contributed by atoms with Crippen LogP contribution < -0.4 is 0 Å². The zero-order chi connectivity index (χ0) is 10.5. The Hall–Kier alpha value is -0.570. The highest BCUT2D eigenvalue weighted by Gasteiger charge is 2.47. The second-order valence-electron chi connectivity index (χ2n) is 5.54. The molecule has 2 bridgehead atoms. The van der Waals surface area contributed by atoms with Crippen LogP contribution in [0.4, 0.5) is 0 Å². The molecule has 0 N–H and O–H groups in total. The summed E-state index contributed by atoms with van der Waals surface area (Å²) in [5, 5.41) is 0. The minimum Gasteiger partial charge on any atom is -0.337 e. The fourth-order valence-electron chi connectivity index (χ4n) is 2.87. The van der Waals surface area contributed by atoms with E-state index in [1.165, 1.54) is 6.42 Å². The molecule has 2 aliphatic heterocycles. The molecule has 0 aliphatic carbocycles. The molecule has 80 valence electrons. The van der Waals surface area contributed by atoms with Crippen LogP contribution in [0.15, 0.2) is 0 Å². The van der Waals surface area contributed by atoms with Crippen LogP contribution >= 0.6 is 0 Å². The van der Waals surface area contributed by atoms with Gasteiger partial charge in [-0.15, -0.1) is 0 Å². The van der Waals surface area contributed by atoms with Gasteiger partial charge in [0.1, 0.15) is 0 Å². The standard InChI is InChI=1S/C11H20N2O/c1-8(14)12-6-10-5-9(12)7-13(10)11(2,3)4/h9-10H,5-7H2,1-4H3/t9-,10-/m0/s1.